The summed E-state index contributed by atoms with van der Waals surface area (Å²) >= 11 is 0. The van der Waals surface area contributed by atoms with Crippen LogP contribution in [0.25, 0.3) is 0 Å². The Bertz CT molecular complexity index is 1040. The molecule has 3 aromatic rings. The second-order valence-corrected chi connectivity index (χ2v) is 8.68. The van der Waals surface area contributed by atoms with Crippen molar-refractivity contribution in [3.63, 3.8) is 0 Å². The summed E-state index contributed by atoms with van der Waals surface area (Å²) < 4.78 is 12.2. The fraction of sp³-hybridized carbons (Fsp3) is 0.367. The molecule has 35 heavy (non-hydrogen) atoms. The highest BCUT2D eigenvalue weighted by atomic mass is 16.5. The van der Waals surface area contributed by atoms with E-state index in [2.05, 4.69) is 13.8 Å². The zero-order valence-electron chi connectivity index (χ0n) is 21.0. The van der Waals surface area contributed by atoms with Crippen molar-refractivity contribution in [2.75, 3.05) is 13.2 Å². The van der Waals surface area contributed by atoms with E-state index in [4.69, 9.17) is 14.5 Å². The van der Waals surface area contributed by atoms with E-state index >= 15 is 0 Å². The number of nitrogens with zero attached hydrogens (tertiary/aromatic N) is 1. The minimum absolute atomic E-state index is 0.138. The number of rotatable bonds is 13. The Balaban J connectivity index is 2.11. The lowest BCUT2D eigenvalue weighted by molar-refractivity contribution is 0.0522. The van der Waals surface area contributed by atoms with Gasteiger partial charge in [-0.3, -0.25) is 4.99 Å². The molecular weight excluding hydrogens is 438 g/mol. The Hall–Kier alpha value is -3.31. The van der Waals surface area contributed by atoms with Crippen LogP contribution in [-0.2, 0) is 5.60 Å². The first-order valence-corrected chi connectivity index (χ1v) is 12.5. The van der Waals surface area contributed by atoms with Crippen LogP contribution in [0.5, 0.6) is 17.2 Å². The number of para-hydroxylation sites is 3. The molecule has 0 saturated heterocycles. The van der Waals surface area contributed by atoms with Gasteiger partial charge in [-0.25, -0.2) is 0 Å². The van der Waals surface area contributed by atoms with Crippen LogP contribution in [0.4, 0.5) is 0 Å². The van der Waals surface area contributed by atoms with Crippen molar-refractivity contribution >= 4 is 6.21 Å². The summed E-state index contributed by atoms with van der Waals surface area (Å²) in [6.45, 7) is 7.22. The van der Waals surface area contributed by atoms with Gasteiger partial charge in [0.2, 0.25) is 0 Å². The van der Waals surface area contributed by atoms with Gasteiger partial charge in [0.1, 0.15) is 22.8 Å². The third-order valence-corrected chi connectivity index (χ3v) is 6.08. The van der Waals surface area contributed by atoms with Crippen LogP contribution in [-0.4, -0.2) is 35.7 Å². The first kappa shape index (κ1) is 26.3. The van der Waals surface area contributed by atoms with E-state index in [1.54, 1.807) is 24.4 Å². The molecule has 0 fully saturated rings. The van der Waals surface area contributed by atoms with Crippen LogP contribution in [0.2, 0.25) is 0 Å². The average Bonchev–Trinajstić information content (AvgIpc) is 2.88. The lowest BCUT2D eigenvalue weighted by Crippen LogP contribution is -2.39. The summed E-state index contributed by atoms with van der Waals surface area (Å²) in [5.74, 6) is 1.38. The second kappa shape index (κ2) is 13.0. The molecule has 0 spiro atoms. The van der Waals surface area contributed by atoms with Gasteiger partial charge in [0, 0.05) is 22.9 Å². The number of ether oxygens (including phenoxy) is 2. The lowest BCUT2D eigenvalue weighted by Gasteiger charge is -2.35. The quantitative estimate of drug-likeness (QED) is 0.219. The summed E-state index contributed by atoms with van der Waals surface area (Å²) in [6.07, 6.45) is 5.48. The van der Waals surface area contributed by atoms with Gasteiger partial charge in [-0.15, -0.1) is 0 Å². The Morgan fingerprint density at radius 3 is 1.80 bits per heavy atom. The van der Waals surface area contributed by atoms with Gasteiger partial charge in [-0.05, 0) is 44.0 Å². The van der Waals surface area contributed by atoms with Gasteiger partial charge in [-0.2, -0.15) is 0 Å². The van der Waals surface area contributed by atoms with Crippen LogP contribution >= 0.6 is 0 Å². The maximum absolute atomic E-state index is 12.5. The third-order valence-electron chi connectivity index (χ3n) is 6.08. The molecule has 5 heteroatoms. The molecule has 0 aliphatic carbocycles. The monoisotopic (exact) mass is 475 g/mol. The largest absolute Gasteiger partial charge is 0.507 e. The van der Waals surface area contributed by atoms with Gasteiger partial charge in [-0.1, -0.05) is 75.2 Å². The standard InChI is InChI=1S/C30H37NO4/c1-4-6-20-34-28-18-12-9-15-25(28)30(33,23(3)31-22-24-14-8-11-17-27(24)32)26-16-10-13-19-29(26)35-21-7-5-2/h8-19,22-23,32-33H,4-7,20-21H2,1-3H3. The van der Waals surface area contributed by atoms with Gasteiger partial charge in [0.05, 0.1) is 19.3 Å². The van der Waals surface area contributed by atoms with E-state index in [1.807, 2.05) is 61.5 Å². The molecule has 3 aromatic carbocycles. The van der Waals surface area contributed by atoms with Crippen molar-refractivity contribution < 1.29 is 19.7 Å². The summed E-state index contributed by atoms with van der Waals surface area (Å²) in [5, 5.41) is 22.7. The maximum atomic E-state index is 12.5. The lowest BCUT2D eigenvalue weighted by atomic mass is 9.80. The smallest absolute Gasteiger partial charge is 0.144 e. The van der Waals surface area contributed by atoms with Crippen LogP contribution < -0.4 is 9.47 Å². The highest BCUT2D eigenvalue weighted by molar-refractivity contribution is 5.83. The molecule has 1 atom stereocenters. The zero-order chi connectivity index (χ0) is 25.1. The van der Waals surface area contributed by atoms with E-state index in [0.717, 1.165) is 25.7 Å². The molecule has 0 aliphatic heterocycles. The molecule has 3 rings (SSSR count). The average molecular weight is 476 g/mol. The molecule has 0 aromatic heterocycles. The van der Waals surface area contributed by atoms with E-state index in [1.165, 1.54) is 0 Å². The van der Waals surface area contributed by atoms with Crippen molar-refractivity contribution in [3.05, 3.63) is 89.5 Å². The van der Waals surface area contributed by atoms with Gasteiger partial charge in [0.15, 0.2) is 0 Å². The van der Waals surface area contributed by atoms with Crippen LogP contribution in [0.15, 0.2) is 77.8 Å². The molecule has 0 saturated carbocycles. The summed E-state index contributed by atoms with van der Waals surface area (Å²) in [5.41, 5.74) is 0.308. The number of aliphatic hydroxyl groups is 1. The first-order valence-electron chi connectivity index (χ1n) is 12.5. The van der Waals surface area contributed by atoms with Crippen molar-refractivity contribution in [1.82, 2.24) is 0 Å². The Morgan fingerprint density at radius 1 is 0.800 bits per heavy atom. The predicted molar refractivity (Wildman–Crippen MR) is 142 cm³/mol. The molecule has 0 aliphatic rings. The number of hydrogen-bond acceptors (Lipinski definition) is 5. The van der Waals surface area contributed by atoms with Crippen molar-refractivity contribution in [2.45, 2.75) is 58.1 Å². The Morgan fingerprint density at radius 2 is 1.29 bits per heavy atom. The van der Waals surface area contributed by atoms with Crippen LogP contribution in [0, 0.1) is 0 Å². The Kier molecular flexibility index (Phi) is 9.74. The van der Waals surface area contributed by atoms with Crippen molar-refractivity contribution in [1.29, 1.82) is 0 Å². The zero-order valence-corrected chi connectivity index (χ0v) is 21.0. The maximum Gasteiger partial charge on any atom is 0.144 e. The number of benzene rings is 3. The number of unbranched alkanes of at least 4 members (excludes halogenated alkanes) is 2. The molecule has 0 bridgehead atoms. The van der Waals surface area contributed by atoms with Gasteiger partial charge >= 0.3 is 0 Å². The van der Waals surface area contributed by atoms with E-state index < -0.39 is 11.6 Å². The Labute approximate surface area is 209 Å². The molecule has 5 nitrogen and oxygen atoms in total. The van der Waals surface area contributed by atoms with E-state index in [-0.39, 0.29) is 5.75 Å². The normalized spacial score (nSPS) is 12.6. The van der Waals surface area contributed by atoms with Crippen LogP contribution in [0.1, 0.15) is 63.1 Å². The second-order valence-electron chi connectivity index (χ2n) is 8.68. The first-order chi connectivity index (χ1) is 17.0. The number of aromatic hydroxyl groups is 1. The highest BCUT2D eigenvalue weighted by Crippen LogP contribution is 2.43. The summed E-state index contributed by atoms with van der Waals surface area (Å²) in [6, 6.07) is 21.5. The number of hydrogen-bond donors (Lipinski definition) is 2. The number of phenols is 1. The predicted octanol–water partition coefficient (Wildman–Crippen LogP) is 6.49. The van der Waals surface area contributed by atoms with Gasteiger partial charge in [0.25, 0.3) is 0 Å². The number of aliphatic imine (C=N–C) groups is 1. The minimum atomic E-state index is -1.54. The van der Waals surface area contributed by atoms with Crippen LogP contribution in [0.3, 0.4) is 0 Å². The summed E-state index contributed by atoms with van der Waals surface area (Å²) in [4.78, 5) is 4.71. The number of phenolic OH excluding ortho intramolecular Hbond substituents is 1. The van der Waals surface area contributed by atoms with E-state index in [0.29, 0.717) is 41.4 Å². The molecule has 0 radical (unpaired) electrons. The SMILES string of the molecule is CCCCOc1ccccc1C(O)(c1ccccc1OCCCC)C(C)N=Cc1ccccc1O. The summed E-state index contributed by atoms with van der Waals surface area (Å²) in [7, 11) is 0. The topological polar surface area (TPSA) is 71.3 Å². The van der Waals surface area contributed by atoms with Crippen molar-refractivity contribution in [2.24, 2.45) is 4.99 Å². The van der Waals surface area contributed by atoms with Crippen molar-refractivity contribution in [3.8, 4) is 17.2 Å². The molecule has 0 amide bonds. The molecule has 2 N–H and O–H groups in total. The molecule has 186 valence electrons. The molecule has 1 unspecified atom stereocenters. The third kappa shape index (κ3) is 6.43. The molecule has 0 heterocycles. The van der Waals surface area contributed by atoms with Gasteiger partial charge < -0.3 is 19.7 Å². The fourth-order valence-electron chi connectivity index (χ4n) is 3.96. The van der Waals surface area contributed by atoms with E-state index in [9.17, 15) is 10.2 Å². The molecular formula is C30H37NO4. The highest BCUT2D eigenvalue weighted by Gasteiger charge is 2.42. The fourth-order valence-corrected chi connectivity index (χ4v) is 3.96. The minimum Gasteiger partial charge on any atom is -0.507 e.